The maximum atomic E-state index is 12.2. The van der Waals surface area contributed by atoms with E-state index in [2.05, 4.69) is 20.3 Å². The molecule has 1 aliphatic heterocycles. The molecule has 0 spiro atoms. The molecule has 1 fully saturated rings. The Kier molecular flexibility index (Phi) is 6.99. The van der Waals surface area contributed by atoms with Crippen LogP contribution in [0.1, 0.15) is 23.9 Å². The molecule has 2 aromatic heterocycles. The average Bonchev–Trinajstić information content (AvgIpc) is 3.39. The molecule has 0 aliphatic carbocycles. The maximum absolute atomic E-state index is 12.2. The van der Waals surface area contributed by atoms with E-state index >= 15 is 0 Å². The first-order valence-electron chi connectivity index (χ1n) is 9.56. The van der Waals surface area contributed by atoms with Crippen molar-refractivity contribution in [2.24, 2.45) is 0 Å². The van der Waals surface area contributed by atoms with Crippen molar-refractivity contribution in [2.75, 3.05) is 13.2 Å². The predicted octanol–water partition coefficient (Wildman–Crippen LogP) is -0.442. The molecule has 0 radical (unpaired) electrons. The third-order valence-electron chi connectivity index (χ3n) is 4.38. The number of ether oxygens (including phenoxy) is 1. The number of hydrogen-bond acceptors (Lipinski definition) is 7. The molecule has 1 saturated heterocycles. The van der Waals surface area contributed by atoms with Crippen LogP contribution in [0.4, 0.5) is 0 Å². The summed E-state index contributed by atoms with van der Waals surface area (Å²) in [7, 11) is -0.487. The van der Waals surface area contributed by atoms with Gasteiger partial charge in [-0.25, -0.2) is 9.78 Å². The van der Waals surface area contributed by atoms with Gasteiger partial charge < -0.3 is 24.7 Å². The van der Waals surface area contributed by atoms with Crippen LogP contribution in [0.15, 0.2) is 40.5 Å². The molecule has 30 heavy (non-hydrogen) atoms. The zero-order valence-electron chi connectivity index (χ0n) is 16.8. The quantitative estimate of drug-likeness (QED) is 0.307. The fourth-order valence-electron chi connectivity index (χ4n) is 2.88. The van der Waals surface area contributed by atoms with Crippen molar-refractivity contribution in [1.82, 2.24) is 24.8 Å². The Morgan fingerprint density at radius 3 is 3.17 bits per heavy atom. The molecule has 0 bridgehead atoms. The number of aliphatic hydroxyl groups excluding tert-OH is 1. The molecule has 12 heteroatoms. The third-order valence-corrected chi connectivity index (χ3v) is 4.55. The molecular weight excluding hydrogens is 413 g/mol. The molecule has 11 nitrogen and oxygen atoms in total. The lowest BCUT2D eigenvalue weighted by atomic mass is 10.2. The van der Waals surface area contributed by atoms with Gasteiger partial charge in [-0.1, -0.05) is 12.2 Å². The van der Waals surface area contributed by atoms with Crippen molar-refractivity contribution >= 4 is 27.5 Å². The summed E-state index contributed by atoms with van der Waals surface area (Å²) < 4.78 is 18.8. The molecule has 3 heterocycles. The summed E-state index contributed by atoms with van der Waals surface area (Å²) in [6.07, 6.45) is 8.22. The number of nitrogens with one attached hydrogen (secondary N) is 3. The highest BCUT2D eigenvalue weighted by Gasteiger charge is 2.35. The number of rotatable bonds is 9. The largest absolute Gasteiger partial charge is 0.390 e. The lowest BCUT2D eigenvalue weighted by Gasteiger charge is -2.15. The molecule has 0 aromatic carbocycles. The van der Waals surface area contributed by atoms with Gasteiger partial charge in [0, 0.05) is 34.7 Å². The van der Waals surface area contributed by atoms with E-state index in [-0.39, 0.29) is 31.0 Å². The molecule has 1 aliphatic rings. The van der Waals surface area contributed by atoms with E-state index in [4.69, 9.17) is 10.5 Å². The lowest BCUT2D eigenvalue weighted by molar-refractivity contribution is -0.116. The van der Waals surface area contributed by atoms with Gasteiger partial charge in [-0.3, -0.25) is 19.1 Å². The second kappa shape index (κ2) is 10.3. The van der Waals surface area contributed by atoms with Gasteiger partial charge in [0.1, 0.15) is 12.3 Å². The van der Waals surface area contributed by atoms with Crippen LogP contribution < -0.4 is 16.6 Å². The molecule has 1 amide bonds. The predicted molar refractivity (Wildman–Crippen MR) is 111 cm³/mol. The highest BCUT2D eigenvalue weighted by molar-refractivity contribution is 7.09. The van der Waals surface area contributed by atoms with Crippen LogP contribution in [0.5, 0.6) is 0 Å². The van der Waals surface area contributed by atoms with Gasteiger partial charge in [-0.05, 0) is 6.08 Å². The Bertz CT molecular complexity index is 1050. The van der Waals surface area contributed by atoms with Crippen molar-refractivity contribution in [3.8, 4) is 0 Å². The summed E-state index contributed by atoms with van der Waals surface area (Å²) in [5, 5.41) is 12.7. The van der Waals surface area contributed by atoms with Crippen molar-refractivity contribution in [1.29, 1.82) is 1.28 Å². The number of amides is 1. The molecule has 3 rings (SSSR count). The van der Waals surface area contributed by atoms with Crippen LogP contribution in [0, 0.1) is 0 Å². The first-order chi connectivity index (χ1) is 15.0. The Hall–Kier alpha value is -2.85. The van der Waals surface area contributed by atoms with Gasteiger partial charge >= 0.3 is 5.69 Å². The van der Waals surface area contributed by atoms with Crippen LogP contribution in [0.2, 0.25) is 0 Å². The third kappa shape index (κ3) is 5.61. The smallest absolute Gasteiger partial charge is 0.330 e. The minimum atomic E-state index is -0.857. The van der Waals surface area contributed by atoms with E-state index in [0.717, 1.165) is 0 Å². The molecule has 2 aromatic rings. The molecule has 4 atom stereocenters. The SMILES string of the molecule is [3H]POCC1OC(n2cc(C=CCNC(=O)C=Cc3cnc[nH]3)c(=O)[nH]c2=O)CC1O. The first kappa shape index (κ1) is 20.4. The summed E-state index contributed by atoms with van der Waals surface area (Å²) in [6, 6.07) is 0. The topological polar surface area (TPSA) is 151 Å². The Balaban J connectivity index is 1.61. The van der Waals surface area contributed by atoms with Gasteiger partial charge in [0.25, 0.3) is 5.56 Å². The van der Waals surface area contributed by atoms with E-state index in [1.807, 2.05) is 0 Å². The highest BCUT2D eigenvalue weighted by atomic mass is 31.0. The summed E-state index contributed by atoms with van der Waals surface area (Å²) in [5.41, 5.74) is -0.378. The van der Waals surface area contributed by atoms with Crippen LogP contribution in [0.25, 0.3) is 12.2 Å². The average molecular weight is 437 g/mol. The molecule has 4 unspecified atom stereocenters. The second-order valence-corrected chi connectivity index (χ2v) is 6.77. The summed E-state index contributed by atoms with van der Waals surface area (Å²) in [5.74, 6) is -0.326. The first-order valence-corrected chi connectivity index (χ1v) is 9.47. The van der Waals surface area contributed by atoms with Crippen molar-refractivity contribution in [3.63, 3.8) is 0 Å². The van der Waals surface area contributed by atoms with Gasteiger partial charge in [0.05, 0.1) is 37.8 Å². The number of carbonyl (C=O) groups excluding carboxylic acids is 1. The van der Waals surface area contributed by atoms with Gasteiger partial charge in [0.15, 0.2) is 0 Å². The highest BCUT2D eigenvalue weighted by Crippen LogP contribution is 2.28. The van der Waals surface area contributed by atoms with E-state index in [1.165, 1.54) is 29.2 Å². The minimum absolute atomic E-state index is 0.0407. The van der Waals surface area contributed by atoms with E-state index in [9.17, 15) is 19.5 Å². The van der Waals surface area contributed by atoms with Gasteiger partial charge in [0.2, 0.25) is 5.91 Å². The Morgan fingerprint density at radius 2 is 2.40 bits per heavy atom. The number of H-pyrrole nitrogens is 2. The lowest BCUT2D eigenvalue weighted by Crippen LogP contribution is -2.33. The zero-order chi connectivity index (χ0) is 22.2. The van der Waals surface area contributed by atoms with Crippen molar-refractivity contribution < 1.29 is 19.2 Å². The number of carbonyl (C=O) groups is 1. The molecule has 0 saturated carbocycles. The van der Waals surface area contributed by atoms with Crippen LogP contribution in [0.3, 0.4) is 0 Å². The van der Waals surface area contributed by atoms with Crippen LogP contribution in [-0.2, 0) is 14.1 Å². The number of hydrogen-bond donors (Lipinski definition) is 4. The van der Waals surface area contributed by atoms with Gasteiger partial charge in [-0.15, -0.1) is 0 Å². The zero-order valence-corrected chi connectivity index (χ0v) is 16.8. The van der Waals surface area contributed by atoms with E-state index in [1.54, 1.807) is 18.3 Å². The van der Waals surface area contributed by atoms with Crippen molar-refractivity contribution in [3.05, 3.63) is 63.0 Å². The Morgan fingerprint density at radius 1 is 1.53 bits per heavy atom. The fraction of sp³-hybridized carbons (Fsp3) is 0.333. The van der Waals surface area contributed by atoms with Gasteiger partial charge in [-0.2, -0.15) is 0 Å². The number of aromatic amines is 2. The number of aromatic nitrogens is 4. The normalized spacial score (nSPS) is 22.4. The summed E-state index contributed by atoms with van der Waals surface area (Å²) in [6.45, 7) is 0.204. The molecule has 4 N–H and O–H groups in total. The molecular formula is C18H22N5O6P. The standard InChI is InChI=1S/C18H22N5O6P/c24-13-6-16(29-14(13)9-28-30)23-8-11(17(26)22-18(23)27)2-1-5-20-15(25)4-3-12-7-19-10-21-12/h1-4,7-8,10,13-14,16,24H,5-6,9,30H2,(H,19,21)(H,20,25)(H,22,26,27)/i30T. The maximum Gasteiger partial charge on any atom is 0.330 e. The second-order valence-electron chi connectivity index (χ2n) is 6.48. The van der Waals surface area contributed by atoms with Crippen molar-refractivity contribution in [2.45, 2.75) is 24.9 Å². The minimum Gasteiger partial charge on any atom is -0.390 e. The fourth-order valence-corrected chi connectivity index (χ4v) is 3.04. The van der Waals surface area contributed by atoms with E-state index in [0.29, 0.717) is 5.69 Å². The Labute approximate surface area is 174 Å². The summed E-state index contributed by atoms with van der Waals surface area (Å²) >= 11 is 0. The van der Waals surface area contributed by atoms with E-state index < -0.39 is 39.1 Å². The van der Waals surface area contributed by atoms with Crippen LogP contribution in [-0.4, -0.2) is 57.2 Å². The number of nitrogens with zero attached hydrogens (tertiary/aromatic N) is 2. The summed E-state index contributed by atoms with van der Waals surface area (Å²) in [4.78, 5) is 44.9. The van der Waals surface area contributed by atoms with Crippen LogP contribution >= 0.6 is 9.41 Å². The molecule has 160 valence electrons. The number of imidazole rings is 1. The number of aliphatic hydroxyl groups is 1. The monoisotopic (exact) mass is 437 g/mol.